The predicted molar refractivity (Wildman–Crippen MR) is 96.4 cm³/mol. The van der Waals surface area contributed by atoms with Crippen LogP contribution in [-0.2, 0) is 14.3 Å². The third kappa shape index (κ3) is 3.61. The minimum Gasteiger partial charge on any atom is -0.457 e. The highest BCUT2D eigenvalue weighted by atomic mass is 16.5. The quantitative estimate of drug-likeness (QED) is 0.408. The van der Waals surface area contributed by atoms with E-state index in [2.05, 4.69) is 26.5 Å². The summed E-state index contributed by atoms with van der Waals surface area (Å²) in [7, 11) is 0. The summed E-state index contributed by atoms with van der Waals surface area (Å²) in [5, 5.41) is 0. The van der Waals surface area contributed by atoms with Crippen LogP contribution in [0.4, 0.5) is 0 Å². The summed E-state index contributed by atoms with van der Waals surface area (Å²) < 4.78 is 5.71. The maximum Gasteiger partial charge on any atom is 0.310 e. The molecule has 0 aromatic carbocycles. The van der Waals surface area contributed by atoms with Crippen molar-refractivity contribution in [2.75, 3.05) is 0 Å². The number of allylic oxidation sites excluding steroid dienone is 6. The largest absolute Gasteiger partial charge is 0.457 e. The Hall–Kier alpha value is -1.90. The van der Waals surface area contributed by atoms with Crippen LogP contribution in [0.1, 0.15) is 47.5 Å². The van der Waals surface area contributed by atoms with Crippen molar-refractivity contribution in [3.63, 3.8) is 0 Å². The fourth-order valence-electron chi connectivity index (χ4n) is 3.56. The second-order valence-electron chi connectivity index (χ2n) is 7.65. The van der Waals surface area contributed by atoms with Gasteiger partial charge in [-0.3, -0.25) is 9.59 Å². The molecule has 2 aliphatic rings. The fourth-order valence-corrected chi connectivity index (χ4v) is 3.56. The molecule has 0 N–H and O–H groups in total. The topological polar surface area (TPSA) is 43.4 Å². The van der Waals surface area contributed by atoms with Crippen LogP contribution in [0.25, 0.3) is 0 Å². The van der Waals surface area contributed by atoms with Gasteiger partial charge in [0.1, 0.15) is 6.10 Å². The number of ether oxygens (including phenoxy) is 1. The molecule has 0 bridgehead atoms. The minimum absolute atomic E-state index is 0.0654. The highest BCUT2D eigenvalue weighted by Gasteiger charge is 2.61. The van der Waals surface area contributed by atoms with Crippen LogP contribution in [0.5, 0.6) is 0 Å². The molecule has 130 valence electrons. The molecule has 1 saturated carbocycles. The summed E-state index contributed by atoms with van der Waals surface area (Å²) in [6.45, 7) is 13.8. The fraction of sp³-hybridized carbons (Fsp3) is 0.524. The molecule has 0 heterocycles. The van der Waals surface area contributed by atoms with Gasteiger partial charge in [-0.2, -0.15) is 0 Å². The Bertz CT molecular complexity index is 642. The molecular formula is C21H28O3. The highest BCUT2D eigenvalue weighted by Crippen LogP contribution is 2.60. The number of carbonyl (C=O) groups excluding carboxylic acids is 2. The lowest BCUT2D eigenvalue weighted by Gasteiger charge is -2.13. The Morgan fingerprint density at radius 1 is 1.38 bits per heavy atom. The van der Waals surface area contributed by atoms with Crippen LogP contribution in [0, 0.1) is 17.3 Å². The third-order valence-corrected chi connectivity index (χ3v) is 5.20. The molecule has 1 fully saturated rings. The molecular weight excluding hydrogens is 300 g/mol. The molecule has 2 aliphatic carbocycles. The average molecular weight is 328 g/mol. The van der Waals surface area contributed by atoms with E-state index in [1.165, 1.54) is 5.57 Å². The van der Waals surface area contributed by atoms with Crippen molar-refractivity contribution in [3.8, 4) is 0 Å². The summed E-state index contributed by atoms with van der Waals surface area (Å²) in [6, 6.07) is 0. The smallest absolute Gasteiger partial charge is 0.310 e. The average Bonchev–Trinajstić information content (AvgIpc) is 2.90. The number of rotatable bonds is 6. The van der Waals surface area contributed by atoms with Gasteiger partial charge in [-0.15, -0.1) is 0 Å². The van der Waals surface area contributed by atoms with E-state index in [4.69, 9.17) is 4.74 Å². The molecule has 0 aromatic rings. The van der Waals surface area contributed by atoms with Gasteiger partial charge in [-0.1, -0.05) is 50.3 Å². The van der Waals surface area contributed by atoms with Crippen LogP contribution in [0.3, 0.4) is 0 Å². The summed E-state index contributed by atoms with van der Waals surface area (Å²) in [5.74, 6) is 0.0175. The molecule has 0 radical (unpaired) electrons. The first-order valence-corrected chi connectivity index (χ1v) is 8.56. The van der Waals surface area contributed by atoms with Crippen LogP contribution in [-0.4, -0.2) is 17.9 Å². The van der Waals surface area contributed by atoms with Crippen molar-refractivity contribution in [2.24, 2.45) is 17.3 Å². The lowest BCUT2D eigenvalue weighted by atomic mass is 10.1. The second kappa shape index (κ2) is 6.92. The number of esters is 1. The zero-order chi connectivity index (χ0) is 18.1. The number of Topliss-reactive ketones (excluding diaryl/α,β-unsaturated/α-hetero) is 1. The summed E-state index contributed by atoms with van der Waals surface area (Å²) >= 11 is 0. The van der Waals surface area contributed by atoms with Gasteiger partial charge in [0.25, 0.3) is 0 Å². The van der Waals surface area contributed by atoms with E-state index >= 15 is 0 Å². The van der Waals surface area contributed by atoms with Crippen LogP contribution in [0.15, 0.2) is 47.6 Å². The van der Waals surface area contributed by atoms with E-state index in [1.54, 1.807) is 6.08 Å². The van der Waals surface area contributed by atoms with Crippen LogP contribution < -0.4 is 0 Å². The SMILES string of the molecule is C=CC=CCC1=C(C)[C@H](OC(=O)[C@@H]2[C@@H](C=C(C)C)C2(C)C)CC1=O. The lowest BCUT2D eigenvalue weighted by molar-refractivity contribution is -0.150. The molecule has 0 aromatic heterocycles. The summed E-state index contributed by atoms with van der Waals surface area (Å²) in [4.78, 5) is 24.8. The van der Waals surface area contributed by atoms with Crippen molar-refractivity contribution in [1.82, 2.24) is 0 Å². The number of carbonyl (C=O) groups is 2. The molecule has 0 spiro atoms. The molecule has 3 nitrogen and oxygen atoms in total. The van der Waals surface area contributed by atoms with Crippen molar-refractivity contribution >= 4 is 11.8 Å². The molecule has 3 atom stereocenters. The first-order chi connectivity index (χ1) is 11.2. The van der Waals surface area contributed by atoms with Gasteiger partial charge < -0.3 is 4.74 Å². The van der Waals surface area contributed by atoms with Crippen LogP contribution in [0.2, 0.25) is 0 Å². The van der Waals surface area contributed by atoms with Gasteiger partial charge in [-0.05, 0) is 44.1 Å². The zero-order valence-electron chi connectivity index (χ0n) is 15.4. The van der Waals surface area contributed by atoms with Gasteiger partial charge in [0.2, 0.25) is 0 Å². The molecule has 0 unspecified atom stereocenters. The summed E-state index contributed by atoms with van der Waals surface area (Å²) in [5.41, 5.74) is 2.80. The highest BCUT2D eigenvalue weighted by molar-refractivity contribution is 6.00. The van der Waals surface area contributed by atoms with Crippen molar-refractivity contribution < 1.29 is 14.3 Å². The normalized spacial score (nSPS) is 28.2. The monoisotopic (exact) mass is 328 g/mol. The molecule has 2 rings (SSSR count). The number of hydrogen-bond acceptors (Lipinski definition) is 3. The lowest BCUT2D eigenvalue weighted by Crippen LogP contribution is -2.20. The van der Waals surface area contributed by atoms with E-state index in [-0.39, 0.29) is 35.4 Å². The van der Waals surface area contributed by atoms with E-state index in [0.717, 1.165) is 11.1 Å². The Balaban J connectivity index is 2.05. The van der Waals surface area contributed by atoms with E-state index in [1.807, 2.05) is 32.9 Å². The maximum absolute atomic E-state index is 12.6. The van der Waals surface area contributed by atoms with Crippen molar-refractivity contribution in [3.05, 3.63) is 47.6 Å². The predicted octanol–water partition coefficient (Wildman–Crippen LogP) is 4.56. The molecule has 0 saturated heterocycles. The molecule has 0 amide bonds. The Morgan fingerprint density at radius 2 is 2.04 bits per heavy atom. The number of hydrogen-bond donors (Lipinski definition) is 0. The Kier molecular flexibility index (Phi) is 5.32. The van der Waals surface area contributed by atoms with E-state index in [0.29, 0.717) is 6.42 Å². The zero-order valence-corrected chi connectivity index (χ0v) is 15.4. The Morgan fingerprint density at radius 3 is 2.62 bits per heavy atom. The Labute approximate surface area is 145 Å². The summed E-state index contributed by atoms with van der Waals surface area (Å²) in [6.07, 6.45) is 8.01. The molecule has 0 aliphatic heterocycles. The van der Waals surface area contributed by atoms with Gasteiger partial charge in [0.15, 0.2) is 5.78 Å². The van der Waals surface area contributed by atoms with Crippen molar-refractivity contribution in [1.29, 1.82) is 0 Å². The van der Waals surface area contributed by atoms with E-state index in [9.17, 15) is 9.59 Å². The van der Waals surface area contributed by atoms with Gasteiger partial charge in [-0.25, -0.2) is 0 Å². The minimum atomic E-state index is -0.402. The first kappa shape index (κ1) is 18.4. The first-order valence-electron chi connectivity index (χ1n) is 8.56. The van der Waals surface area contributed by atoms with Crippen LogP contribution >= 0.6 is 0 Å². The standard InChI is InChI=1S/C21H28O3/c1-7-8-9-10-15-14(4)18(12-17(15)22)24-20(23)19-16(11-13(2)3)21(19,5)6/h7-9,11,16,18-19H,1,10,12H2,2-6H3/t16-,18-,19+/m1/s1. The van der Waals surface area contributed by atoms with E-state index < -0.39 is 6.10 Å². The second-order valence-corrected chi connectivity index (χ2v) is 7.65. The number of ketones is 1. The van der Waals surface area contributed by atoms with Crippen molar-refractivity contribution in [2.45, 2.75) is 53.6 Å². The van der Waals surface area contributed by atoms with Gasteiger partial charge in [0, 0.05) is 5.57 Å². The third-order valence-electron chi connectivity index (χ3n) is 5.20. The molecule has 3 heteroatoms. The molecule has 24 heavy (non-hydrogen) atoms. The maximum atomic E-state index is 12.6. The van der Waals surface area contributed by atoms with Gasteiger partial charge >= 0.3 is 5.97 Å². The van der Waals surface area contributed by atoms with Gasteiger partial charge in [0.05, 0.1) is 12.3 Å².